The zero-order valence-electron chi connectivity index (χ0n) is 10.0. The number of ether oxygens (including phenoxy) is 1. The van der Waals surface area contributed by atoms with Crippen LogP contribution in [0.15, 0.2) is 34.3 Å². The zero-order chi connectivity index (χ0) is 13.2. The summed E-state index contributed by atoms with van der Waals surface area (Å²) in [7, 11) is 1.59. The van der Waals surface area contributed by atoms with E-state index in [0.717, 1.165) is 11.3 Å². The van der Waals surface area contributed by atoms with E-state index < -0.39 is 11.9 Å². The van der Waals surface area contributed by atoms with Crippen LogP contribution in [0.3, 0.4) is 0 Å². The smallest absolute Gasteiger partial charge is 0.408 e. The maximum absolute atomic E-state index is 10.6. The molecule has 1 aliphatic rings. The lowest BCUT2D eigenvalue weighted by molar-refractivity contribution is 0.182. The molecule has 1 atom stereocenters. The van der Waals surface area contributed by atoms with Crippen LogP contribution in [-0.4, -0.2) is 36.0 Å². The summed E-state index contributed by atoms with van der Waals surface area (Å²) < 4.78 is 5.06. The van der Waals surface area contributed by atoms with Gasteiger partial charge in [0, 0.05) is 12.5 Å². The molecule has 1 unspecified atom stereocenters. The minimum absolute atomic E-state index is 0.633. The molecule has 0 bridgehead atoms. The summed E-state index contributed by atoms with van der Waals surface area (Å²) in [6.45, 7) is 1.59. The van der Waals surface area contributed by atoms with E-state index in [-0.39, 0.29) is 0 Å². The van der Waals surface area contributed by atoms with Gasteiger partial charge in [-0.1, -0.05) is 0 Å². The zero-order valence-corrected chi connectivity index (χ0v) is 10.0. The molecule has 1 aromatic rings. The highest BCUT2D eigenvalue weighted by Crippen LogP contribution is 2.18. The molecule has 6 heteroatoms. The van der Waals surface area contributed by atoms with Crippen LogP contribution >= 0.6 is 0 Å². The predicted octanol–water partition coefficient (Wildman–Crippen LogP) is 1.51. The average Bonchev–Trinajstić information content (AvgIpc) is 2.70. The van der Waals surface area contributed by atoms with Crippen molar-refractivity contribution in [1.82, 2.24) is 5.32 Å². The van der Waals surface area contributed by atoms with Crippen molar-refractivity contribution in [2.24, 2.45) is 9.98 Å². The molecule has 0 saturated carbocycles. The molecule has 0 spiro atoms. The molecule has 0 fully saturated rings. The third-order valence-electron chi connectivity index (χ3n) is 2.51. The van der Waals surface area contributed by atoms with Gasteiger partial charge < -0.3 is 9.84 Å². The van der Waals surface area contributed by atoms with E-state index in [1.165, 1.54) is 0 Å². The van der Waals surface area contributed by atoms with Crippen LogP contribution in [-0.2, 0) is 0 Å². The molecule has 2 N–H and O–H groups in total. The monoisotopic (exact) mass is 247 g/mol. The van der Waals surface area contributed by atoms with Crippen molar-refractivity contribution < 1.29 is 14.6 Å². The number of nitrogens with zero attached hydrogens (tertiary/aromatic N) is 2. The number of rotatable bonds is 3. The minimum Gasteiger partial charge on any atom is -0.497 e. The maximum atomic E-state index is 10.6. The van der Waals surface area contributed by atoms with Crippen LogP contribution in [0.4, 0.5) is 4.79 Å². The normalized spacial score (nSPS) is 21.6. The first-order valence-corrected chi connectivity index (χ1v) is 5.33. The van der Waals surface area contributed by atoms with Gasteiger partial charge in [-0.15, -0.1) is 0 Å². The van der Waals surface area contributed by atoms with Crippen LogP contribution in [0.5, 0.6) is 5.75 Å². The SMILES string of the molecule is COc1ccc(C2=NC(C)(NC(=O)O)N=C2)cc1. The van der Waals surface area contributed by atoms with Gasteiger partial charge in [-0.2, -0.15) is 0 Å². The second kappa shape index (κ2) is 4.48. The Balaban J connectivity index is 2.22. The van der Waals surface area contributed by atoms with Gasteiger partial charge in [0.05, 0.1) is 19.0 Å². The topological polar surface area (TPSA) is 83.3 Å². The Morgan fingerprint density at radius 1 is 1.39 bits per heavy atom. The van der Waals surface area contributed by atoms with Gasteiger partial charge in [0.15, 0.2) is 0 Å². The number of carboxylic acid groups (broad SMARTS) is 1. The third kappa shape index (κ3) is 2.48. The largest absolute Gasteiger partial charge is 0.497 e. The van der Waals surface area contributed by atoms with E-state index in [1.54, 1.807) is 20.2 Å². The van der Waals surface area contributed by atoms with Gasteiger partial charge in [-0.25, -0.2) is 14.8 Å². The second-order valence-electron chi connectivity index (χ2n) is 3.93. The number of aliphatic imine (C=N–C) groups is 2. The number of carbonyl (C=O) groups is 1. The Morgan fingerprint density at radius 3 is 2.61 bits per heavy atom. The van der Waals surface area contributed by atoms with Gasteiger partial charge in [0.25, 0.3) is 0 Å². The predicted molar refractivity (Wildman–Crippen MR) is 67.6 cm³/mol. The van der Waals surface area contributed by atoms with Crippen LogP contribution < -0.4 is 10.1 Å². The Hall–Kier alpha value is -2.37. The molecule has 0 saturated heterocycles. The highest BCUT2D eigenvalue weighted by atomic mass is 16.5. The van der Waals surface area contributed by atoms with Gasteiger partial charge in [0.2, 0.25) is 5.79 Å². The summed E-state index contributed by atoms with van der Waals surface area (Å²) in [5.41, 5.74) is 1.49. The summed E-state index contributed by atoms with van der Waals surface area (Å²) in [6.07, 6.45) is 0.395. The molecule has 1 heterocycles. The molecule has 2 rings (SSSR count). The number of hydrogen-bond donors (Lipinski definition) is 2. The maximum Gasteiger partial charge on any atom is 0.408 e. The van der Waals surface area contributed by atoms with Crippen molar-refractivity contribution in [1.29, 1.82) is 0 Å². The van der Waals surface area contributed by atoms with E-state index in [4.69, 9.17) is 9.84 Å². The Bertz CT molecular complexity index is 522. The summed E-state index contributed by atoms with van der Waals surface area (Å²) in [4.78, 5) is 18.9. The Labute approximate surface area is 104 Å². The first kappa shape index (κ1) is 12.1. The van der Waals surface area contributed by atoms with Gasteiger partial charge in [-0.05, 0) is 24.3 Å². The minimum atomic E-state index is -1.16. The molecule has 94 valence electrons. The molecule has 1 aromatic carbocycles. The summed E-state index contributed by atoms with van der Waals surface area (Å²) >= 11 is 0. The molecule has 1 aliphatic heterocycles. The number of amides is 1. The highest BCUT2D eigenvalue weighted by molar-refractivity contribution is 6.39. The van der Waals surface area contributed by atoms with E-state index >= 15 is 0 Å². The van der Waals surface area contributed by atoms with E-state index in [2.05, 4.69) is 15.3 Å². The first-order valence-electron chi connectivity index (χ1n) is 5.33. The first-order chi connectivity index (χ1) is 8.52. The van der Waals surface area contributed by atoms with Crippen molar-refractivity contribution in [3.05, 3.63) is 29.8 Å². The second-order valence-corrected chi connectivity index (χ2v) is 3.93. The molecular weight excluding hydrogens is 234 g/mol. The van der Waals surface area contributed by atoms with Crippen LogP contribution in [0.1, 0.15) is 12.5 Å². The molecule has 0 aromatic heterocycles. The Kier molecular flexibility index (Phi) is 3.01. The van der Waals surface area contributed by atoms with Crippen LogP contribution in [0.2, 0.25) is 0 Å². The van der Waals surface area contributed by atoms with Crippen molar-refractivity contribution in [2.45, 2.75) is 12.7 Å². The Morgan fingerprint density at radius 2 is 2.06 bits per heavy atom. The van der Waals surface area contributed by atoms with Crippen molar-refractivity contribution in [3.8, 4) is 5.75 Å². The summed E-state index contributed by atoms with van der Waals surface area (Å²) in [5.74, 6) is -0.387. The number of nitrogens with one attached hydrogen (secondary N) is 1. The highest BCUT2D eigenvalue weighted by Gasteiger charge is 2.28. The van der Waals surface area contributed by atoms with Crippen LogP contribution in [0, 0.1) is 0 Å². The number of hydrogen-bond acceptors (Lipinski definition) is 4. The van der Waals surface area contributed by atoms with E-state index in [9.17, 15) is 4.79 Å². The molecular formula is C12H13N3O3. The standard InChI is InChI=1S/C12H13N3O3/c1-12(15-11(16)17)13-7-10(14-12)8-3-5-9(18-2)6-4-8/h3-7,15H,1-2H3,(H,16,17). The van der Waals surface area contributed by atoms with E-state index in [1.807, 2.05) is 24.3 Å². The summed E-state index contributed by atoms with van der Waals surface area (Å²) in [6, 6.07) is 7.31. The molecule has 1 amide bonds. The quantitative estimate of drug-likeness (QED) is 0.849. The van der Waals surface area contributed by atoms with E-state index in [0.29, 0.717) is 5.71 Å². The van der Waals surface area contributed by atoms with Gasteiger partial charge in [0.1, 0.15) is 5.75 Å². The molecule has 18 heavy (non-hydrogen) atoms. The molecule has 0 aliphatic carbocycles. The molecule has 6 nitrogen and oxygen atoms in total. The van der Waals surface area contributed by atoms with Crippen LogP contribution in [0.25, 0.3) is 0 Å². The molecule has 0 radical (unpaired) electrons. The van der Waals surface area contributed by atoms with Crippen molar-refractivity contribution in [3.63, 3.8) is 0 Å². The number of methoxy groups -OCH3 is 1. The van der Waals surface area contributed by atoms with Gasteiger partial charge in [-0.3, -0.25) is 5.32 Å². The van der Waals surface area contributed by atoms with Crippen molar-refractivity contribution in [2.75, 3.05) is 7.11 Å². The fourth-order valence-electron chi connectivity index (χ4n) is 1.64. The number of benzene rings is 1. The summed E-state index contributed by atoms with van der Waals surface area (Å²) in [5, 5.41) is 10.9. The van der Waals surface area contributed by atoms with Gasteiger partial charge >= 0.3 is 6.09 Å². The fraction of sp³-hybridized carbons (Fsp3) is 0.250. The third-order valence-corrected chi connectivity index (χ3v) is 2.51. The fourth-order valence-corrected chi connectivity index (χ4v) is 1.64. The lowest BCUT2D eigenvalue weighted by Gasteiger charge is -2.16. The lowest BCUT2D eigenvalue weighted by atomic mass is 10.1. The lowest BCUT2D eigenvalue weighted by Crippen LogP contribution is -2.40. The average molecular weight is 247 g/mol. The van der Waals surface area contributed by atoms with Crippen molar-refractivity contribution >= 4 is 18.0 Å².